The lowest BCUT2D eigenvalue weighted by atomic mass is 10.2. The highest BCUT2D eigenvalue weighted by Gasteiger charge is 2.39. The molecule has 0 radical (unpaired) electrons. The summed E-state index contributed by atoms with van der Waals surface area (Å²) >= 11 is 0. The SMILES string of the molecule is COC(=O)C(=NNc1ccccc1)C(C(=O)OC)=P(c1ccccc1)(c1ccccc1)c1ccccc1. The van der Waals surface area contributed by atoms with Gasteiger partial charge in [0.15, 0.2) is 5.71 Å². The maximum atomic E-state index is 13.8. The molecule has 0 aliphatic carbocycles. The number of esters is 2. The predicted octanol–water partition coefficient (Wildman–Crippen LogP) is 3.97. The van der Waals surface area contributed by atoms with Gasteiger partial charge in [0.1, 0.15) is 5.29 Å². The summed E-state index contributed by atoms with van der Waals surface area (Å²) in [7, 11) is 2.57. The molecular formula is C30H27N2O4P. The Kier molecular flexibility index (Phi) is 8.34. The molecule has 37 heavy (non-hydrogen) atoms. The Balaban J connectivity index is 2.23. The highest BCUT2D eigenvalue weighted by Crippen LogP contribution is 2.46. The largest absolute Gasteiger partial charge is 0.465 e. The van der Waals surface area contributed by atoms with Crippen molar-refractivity contribution < 1.29 is 19.1 Å². The van der Waals surface area contributed by atoms with E-state index in [0.29, 0.717) is 5.69 Å². The number of hydrogen-bond acceptors (Lipinski definition) is 6. The fourth-order valence-electron chi connectivity index (χ4n) is 4.20. The number of carbonyl (C=O) groups is 2. The molecule has 4 aromatic carbocycles. The number of hydrazone groups is 1. The van der Waals surface area contributed by atoms with Gasteiger partial charge < -0.3 is 9.47 Å². The van der Waals surface area contributed by atoms with Gasteiger partial charge >= 0.3 is 11.9 Å². The number of benzene rings is 4. The Bertz CT molecular complexity index is 1340. The van der Waals surface area contributed by atoms with Crippen molar-refractivity contribution >= 4 is 51.4 Å². The lowest BCUT2D eigenvalue weighted by Crippen LogP contribution is -2.41. The van der Waals surface area contributed by atoms with Gasteiger partial charge in [-0.15, -0.1) is 0 Å². The van der Waals surface area contributed by atoms with Crippen molar-refractivity contribution in [1.82, 2.24) is 0 Å². The minimum absolute atomic E-state index is 0.133. The smallest absolute Gasteiger partial charge is 0.359 e. The van der Waals surface area contributed by atoms with Gasteiger partial charge in [0.25, 0.3) is 0 Å². The van der Waals surface area contributed by atoms with Crippen molar-refractivity contribution in [1.29, 1.82) is 0 Å². The Morgan fingerprint density at radius 3 is 1.35 bits per heavy atom. The summed E-state index contributed by atoms with van der Waals surface area (Å²) in [5, 5.41) is 7.19. The number of para-hydroxylation sites is 1. The summed E-state index contributed by atoms with van der Waals surface area (Å²) in [4.78, 5) is 27.1. The standard InChI is InChI=1S/C30H27N2O4P/c1-35-29(33)27(32-31-23-15-7-3-8-16-23)28(30(34)36-2)37(24-17-9-4-10-18-24,25-19-11-5-12-20-25)26-21-13-6-14-22-26/h3-22,31H,1-2H3. The Labute approximate surface area is 216 Å². The molecule has 4 aromatic rings. The second-order valence-corrected chi connectivity index (χ2v) is 11.3. The van der Waals surface area contributed by atoms with Crippen LogP contribution in [0.5, 0.6) is 0 Å². The van der Waals surface area contributed by atoms with Crippen LogP contribution >= 0.6 is 6.89 Å². The Hall–Kier alpha value is -4.41. The van der Waals surface area contributed by atoms with E-state index in [4.69, 9.17) is 9.47 Å². The lowest BCUT2D eigenvalue weighted by Gasteiger charge is -2.31. The fourth-order valence-corrected chi connectivity index (χ4v) is 8.55. The molecule has 6 nitrogen and oxygen atoms in total. The third-order valence-electron chi connectivity index (χ3n) is 5.82. The molecule has 0 fully saturated rings. The molecule has 0 spiro atoms. The molecule has 0 atom stereocenters. The fraction of sp³-hybridized carbons (Fsp3) is 0.0667. The van der Waals surface area contributed by atoms with Crippen LogP contribution in [0.4, 0.5) is 5.69 Å². The minimum Gasteiger partial charge on any atom is -0.465 e. The quantitative estimate of drug-likeness (QED) is 0.168. The minimum atomic E-state index is -3.01. The zero-order valence-electron chi connectivity index (χ0n) is 20.6. The molecule has 0 aliphatic rings. The summed E-state index contributed by atoms with van der Waals surface area (Å²) in [6.07, 6.45) is 0. The molecule has 0 aliphatic heterocycles. The van der Waals surface area contributed by atoms with Crippen LogP contribution in [0, 0.1) is 0 Å². The maximum Gasteiger partial charge on any atom is 0.359 e. The molecule has 0 saturated carbocycles. The average Bonchev–Trinajstić information content (AvgIpc) is 2.98. The van der Waals surface area contributed by atoms with E-state index in [1.54, 1.807) is 0 Å². The number of methoxy groups -OCH3 is 2. The zero-order valence-corrected chi connectivity index (χ0v) is 21.5. The van der Waals surface area contributed by atoms with E-state index in [1.807, 2.05) is 121 Å². The lowest BCUT2D eigenvalue weighted by molar-refractivity contribution is -0.134. The Morgan fingerprint density at radius 1 is 0.595 bits per heavy atom. The van der Waals surface area contributed by atoms with Gasteiger partial charge in [0.05, 0.1) is 19.9 Å². The summed E-state index contributed by atoms with van der Waals surface area (Å²) in [5.74, 6) is -1.42. The number of carbonyl (C=O) groups excluding carboxylic acids is 2. The molecule has 0 unspecified atom stereocenters. The van der Waals surface area contributed by atoms with Crippen LogP contribution in [0.3, 0.4) is 0 Å². The van der Waals surface area contributed by atoms with E-state index in [9.17, 15) is 9.59 Å². The van der Waals surface area contributed by atoms with E-state index in [2.05, 4.69) is 10.5 Å². The first kappa shape index (κ1) is 25.7. The van der Waals surface area contributed by atoms with Gasteiger partial charge in [-0.05, 0) is 34.9 Å². The van der Waals surface area contributed by atoms with E-state index in [0.717, 1.165) is 15.9 Å². The van der Waals surface area contributed by atoms with Gasteiger partial charge in [-0.2, -0.15) is 5.10 Å². The predicted molar refractivity (Wildman–Crippen MR) is 152 cm³/mol. The van der Waals surface area contributed by atoms with Gasteiger partial charge in [0, 0.05) is 0 Å². The number of hydrogen-bond donors (Lipinski definition) is 1. The van der Waals surface area contributed by atoms with E-state index in [-0.39, 0.29) is 11.0 Å². The van der Waals surface area contributed by atoms with Crippen LogP contribution in [-0.2, 0) is 19.1 Å². The van der Waals surface area contributed by atoms with Crippen LogP contribution in [-0.4, -0.2) is 37.2 Å². The second-order valence-electron chi connectivity index (χ2n) is 7.95. The number of anilines is 1. The van der Waals surface area contributed by atoms with Gasteiger partial charge in [0.2, 0.25) is 0 Å². The number of nitrogens with zero attached hydrogens (tertiary/aromatic N) is 1. The van der Waals surface area contributed by atoms with Gasteiger partial charge in [-0.1, -0.05) is 109 Å². The highest BCUT2D eigenvalue weighted by molar-refractivity contribution is 7.98. The molecular weight excluding hydrogens is 483 g/mol. The van der Waals surface area contributed by atoms with E-state index in [1.165, 1.54) is 14.2 Å². The van der Waals surface area contributed by atoms with Crippen molar-refractivity contribution in [2.45, 2.75) is 0 Å². The molecule has 1 N–H and O–H groups in total. The second kappa shape index (κ2) is 12.0. The van der Waals surface area contributed by atoms with E-state index < -0.39 is 18.8 Å². The summed E-state index contributed by atoms with van der Waals surface area (Å²) in [5.41, 5.74) is 3.42. The molecule has 0 aromatic heterocycles. The van der Waals surface area contributed by atoms with Crippen molar-refractivity contribution in [3.8, 4) is 0 Å². The van der Waals surface area contributed by atoms with Crippen LogP contribution in [0.25, 0.3) is 0 Å². The number of ether oxygens (including phenoxy) is 2. The first-order valence-electron chi connectivity index (χ1n) is 11.6. The van der Waals surface area contributed by atoms with Crippen molar-refractivity contribution in [3.63, 3.8) is 0 Å². The Morgan fingerprint density at radius 2 is 0.973 bits per heavy atom. The third-order valence-corrected chi connectivity index (χ3v) is 10.1. The van der Waals surface area contributed by atoms with Gasteiger partial charge in [-0.3, -0.25) is 5.43 Å². The molecule has 186 valence electrons. The summed E-state index contributed by atoms with van der Waals surface area (Å²) in [6, 6.07) is 38.2. The van der Waals surface area contributed by atoms with Crippen LogP contribution in [0.2, 0.25) is 0 Å². The third kappa shape index (κ3) is 5.25. The van der Waals surface area contributed by atoms with Crippen molar-refractivity contribution in [2.24, 2.45) is 5.10 Å². The molecule has 0 amide bonds. The summed E-state index contributed by atoms with van der Waals surface area (Å²) < 4.78 is 10.5. The zero-order chi connectivity index (χ0) is 26.1. The van der Waals surface area contributed by atoms with Crippen molar-refractivity contribution in [2.75, 3.05) is 19.6 Å². The first-order valence-corrected chi connectivity index (χ1v) is 13.4. The number of rotatable bonds is 8. The highest BCUT2D eigenvalue weighted by atomic mass is 31.2. The van der Waals surface area contributed by atoms with Crippen LogP contribution in [0.1, 0.15) is 0 Å². The van der Waals surface area contributed by atoms with Crippen LogP contribution in [0.15, 0.2) is 126 Å². The molecule has 0 bridgehead atoms. The molecule has 0 saturated heterocycles. The first-order chi connectivity index (χ1) is 18.1. The number of nitrogens with one attached hydrogen (secondary N) is 1. The molecule has 4 rings (SSSR count). The normalized spacial score (nSPS) is 11.4. The molecule has 7 heteroatoms. The van der Waals surface area contributed by atoms with Crippen LogP contribution < -0.4 is 21.3 Å². The van der Waals surface area contributed by atoms with Gasteiger partial charge in [-0.25, -0.2) is 9.59 Å². The molecule has 0 heterocycles. The maximum absolute atomic E-state index is 13.8. The monoisotopic (exact) mass is 510 g/mol. The van der Waals surface area contributed by atoms with Crippen molar-refractivity contribution in [3.05, 3.63) is 121 Å². The van der Waals surface area contributed by atoms with E-state index >= 15 is 0 Å². The summed E-state index contributed by atoms with van der Waals surface area (Å²) in [6.45, 7) is -3.01. The topological polar surface area (TPSA) is 77.0 Å². The average molecular weight is 511 g/mol.